The molecule has 5 atom stereocenters. The molecule has 88 valence electrons. The van der Waals surface area contributed by atoms with Crippen LogP contribution in [0.15, 0.2) is 0 Å². The molecule has 2 saturated carbocycles. The molecule has 5 unspecified atom stereocenters. The second-order valence-electron chi connectivity index (χ2n) is 5.72. The third-order valence-electron chi connectivity index (χ3n) is 4.86. The predicted octanol–water partition coefficient (Wildman–Crippen LogP) is 2.14. The van der Waals surface area contributed by atoms with Gasteiger partial charge >= 0.3 is 0 Å². The third-order valence-corrected chi connectivity index (χ3v) is 4.86. The summed E-state index contributed by atoms with van der Waals surface area (Å²) in [6.45, 7) is 5.66. The number of nitrogens with one attached hydrogen (secondary N) is 1. The Balaban J connectivity index is 1.86. The number of nitrogens with two attached hydrogens (primary N) is 1. The molecular formula is C13H26N2. The van der Waals surface area contributed by atoms with Gasteiger partial charge in [0.1, 0.15) is 0 Å². The molecule has 0 heterocycles. The highest BCUT2D eigenvalue weighted by atomic mass is 15.0. The van der Waals surface area contributed by atoms with E-state index in [1.54, 1.807) is 0 Å². The molecule has 3 N–H and O–H groups in total. The molecule has 0 radical (unpaired) electrons. The fourth-order valence-electron chi connectivity index (χ4n) is 3.41. The average molecular weight is 210 g/mol. The van der Waals surface area contributed by atoms with E-state index in [2.05, 4.69) is 19.2 Å². The first kappa shape index (κ1) is 11.4. The van der Waals surface area contributed by atoms with Crippen molar-refractivity contribution < 1.29 is 0 Å². The summed E-state index contributed by atoms with van der Waals surface area (Å²) in [5.74, 6) is 2.50. The van der Waals surface area contributed by atoms with E-state index in [1.165, 1.54) is 32.1 Å². The fourth-order valence-corrected chi connectivity index (χ4v) is 3.41. The Kier molecular flexibility index (Phi) is 3.68. The summed E-state index contributed by atoms with van der Waals surface area (Å²) < 4.78 is 0. The highest BCUT2D eigenvalue weighted by Crippen LogP contribution is 2.33. The van der Waals surface area contributed by atoms with Gasteiger partial charge < -0.3 is 11.1 Å². The summed E-state index contributed by atoms with van der Waals surface area (Å²) in [6.07, 6.45) is 6.83. The molecule has 0 bridgehead atoms. The van der Waals surface area contributed by atoms with E-state index in [0.29, 0.717) is 6.04 Å². The molecule has 0 saturated heterocycles. The Labute approximate surface area is 94.0 Å². The maximum Gasteiger partial charge on any atom is 0.0110 e. The van der Waals surface area contributed by atoms with Gasteiger partial charge in [-0.3, -0.25) is 0 Å². The van der Waals surface area contributed by atoms with Gasteiger partial charge in [-0.05, 0) is 50.0 Å². The van der Waals surface area contributed by atoms with Gasteiger partial charge in [0.25, 0.3) is 0 Å². The van der Waals surface area contributed by atoms with Crippen molar-refractivity contribution in [3.05, 3.63) is 0 Å². The van der Waals surface area contributed by atoms with Crippen molar-refractivity contribution >= 4 is 0 Å². The largest absolute Gasteiger partial charge is 0.330 e. The highest BCUT2D eigenvalue weighted by molar-refractivity contribution is 4.91. The van der Waals surface area contributed by atoms with Gasteiger partial charge in [0.05, 0.1) is 0 Å². The van der Waals surface area contributed by atoms with E-state index in [-0.39, 0.29) is 0 Å². The monoisotopic (exact) mass is 210 g/mol. The number of rotatable bonds is 3. The molecular weight excluding hydrogens is 184 g/mol. The lowest BCUT2D eigenvalue weighted by atomic mass is 9.96. The van der Waals surface area contributed by atoms with E-state index in [9.17, 15) is 0 Å². The van der Waals surface area contributed by atoms with Crippen molar-refractivity contribution in [3.63, 3.8) is 0 Å². The first-order chi connectivity index (χ1) is 7.22. The smallest absolute Gasteiger partial charge is 0.0110 e. The fraction of sp³-hybridized carbons (Fsp3) is 1.00. The summed E-state index contributed by atoms with van der Waals surface area (Å²) in [5, 5.41) is 3.88. The lowest BCUT2D eigenvalue weighted by Crippen LogP contribution is -2.44. The maximum atomic E-state index is 5.82. The van der Waals surface area contributed by atoms with Crippen molar-refractivity contribution in [2.75, 3.05) is 6.54 Å². The van der Waals surface area contributed by atoms with Gasteiger partial charge in [-0.2, -0.15) is 0 Å². The van der Waals surface area contributed by atoms with Crippen molar-refractivity contribution in [2.24, 2.45) is 23.5 Å². The maximum absolute atomic E-state index is 5.82. The van der Waals surface area contributed by atoms with Crippen molar-refractivity contribution in [2.45, 2.75) is 58.0 Å². The summed E-state index contributed by atoms with van der Waals surface area (Å²) in [5.41, 5.74) is 5.82. The second-order valence-corrected chi connectivity index (χ2v) is 5.72. The van der Waals surface area contributed by atoms with E-state index in [1.807, 2.05) is 0 Å². The minimum Gasteiger partial charge on any atom is -0.330 e. The molecule has 0 aromatic rings. The van der Waals surface area contributed by atoms with Crippen LogP contribution >= 0.6 is 0 Å². The molecule has 15 heavy (non-hydrogen) atoms. The lowest BCUT2D eigenvalue weighted by molar-refractivity contribution is 0.304. The molecule has 2 aliphatic carbocycles. The van der Waals surface area contributed by atoms with E-state index in [0.717, 1.165) is 30.3 Å². The second kappa shape index (κ2) is 4.84. The zero-order valence-electron chi connectivity index (χ0n) is 10.2. The normalized spacial score (nSPS) is 46.2. The molecule has 0 aromatic carbocycles. The van der Waals surface area contributed by atoms with Crippen molar-refractivity contribution in [1.29, 1.82) is 0 Å². The van der Waals surface area contributed by atoms with Crippen LogP contribution < -0.4 is 11.1 Å². The van der Waals surface area contributed by atoms with Gasteiger partial charge in [0.15, 0.2) is 0 Å². The minimum absolute atomic E-state index is 0.716. The summed E-state index contributed by atoms with van der Waals surface area (Å²) in [7, 11) is 0. The quantitative estimate of drug-likeness (QED) is 0.749. The summed E-state index contributed by atoms with van der Waals surface area (Å²) in [6, 6.07) is 1.48. The number of hydrogen-bond donors (Lipinski definition) is 2. The Hall–Kier alpha value is -0.0800. The molecule has 2 nitrogen and oxygen atoms in total. The van der Waals surface area contributed by atoms with Crippen LogP contribution in [0.1, 0.15) is 46.0 Å². The zero-order chi connectivity index (χ0) is 10.8. The summed E-state index contributed by atoms with van der Waals surface area (Å²) >= 11 is 0. The molecule has 2 aliphatic rings. The Morgan fingerprint density at radius 2 is 1.87 bits per heavy atom. The first-order valence-corrected chi connectivity index (χ1v) is 6.68. The van der Waals surface area contributed by atoms with Crippen LogP contribution in [-0.4, -0.2) is 18.6 Å². The van der Waals surface area contributed by atoms with E-state index in [4.69, 9.17) is 5.73 Å². The van der Waals surface area contributed by atoms with E-state index < -0.39 is 0 Å². The van der Waals surface area contributed by atoms with Gasteiger partial charge in [-0.1, -0.05) is 20.3 Å². The van der Waals surface area contributed by atoms with E-state index >= 15 is 0 Å². The first-order valence-electron chi connectivity index (χ1n) is 6.68. The Morgan fingerprint density at radius 3 is 2.47 bits per heavy atom. The van der Waals surface area contributed by atoms with Gasteiger partial charge in [-0.25, -0.2) is 0 Å². The van der Waals surface area contributed by atoms with Crippen LogP contribution in [0.25, 0.3) is 0 Å². The molecule has 0 aromatic heterocycles. The molecule has 0 aliphatic heterocycles. The van der Waals surface area contributed by atoms with Gasteiger partial charge in [0.2, 0.25) is 0 Å². The van der Waals surface area contributed by atoms with Crippen molar-refractivity contribution in [3.8, 4) is 0 Å². The standard InChI is InChI=1S/C13H26N2/c1-9-6-7-12(10(9)2)15-13-5-3-4-11(13)8-14/h9-13,15H,3-8,14H2,1-2H3. The highest BCUT2D eigenvalue weighted by Gasteiger charge is 2.34. The Bertz CT molecular complexity index is 203. The Morgan fingerprint density at radius 1 is 1.07 bits per heavy atom. The van der Waals surface area contributed by atoms with Crippen LogP contribution in [0, 0.1) is 17.8 Å². The molecule has 2 rings (SSSR count). The topological polar surface area (TPSA) is 38.0 Å². The van der Waals surface area contributed by atoms with Crippen LogP contribution in [0.3, 0.4) is 0 Å². The number of hydrogen-bond acceptors (Lipinski definition) is 2. The SMILES string of the molecule is CC1CCC(NC2CCCC2CN)C1C. The average Bonchev–Trinajstić information content (AvgIpc) is 2.80. The zero-order valence-corrected chi connectivity index (χ0v) is 10.2. The molecule has 0 spiro atoms. The molecule has 2 fully saturated rings. The van der Waals surface area contributed by atoms with Crippen LogP contribution in [0.2, 0.25) is 0 Å². The van der Waals surface area contributed by atoms with Crippen LogP contribution in [0.5, 0.6) is 0 Å². The minimum atomic E-state index is 0.716. The van der Waals surface area contributed by atoms with Gasteiger partial charge in [-0.15, -0.1) is 0 Å². The lowest BCUT2D eigenvalue weighted by Gasteiger charge is -2.27. The van der Waals surface area contributed by atoms with Crippen molar-refractivity contribution in [1.82, 2.24) is 5.32 Å². The third kappa shape index (κ3) is 2.36. The molecule has 0 amide bonds. The van der Waals surface area contributed by atoms with Crippen LogP contribution in [-0.2, 0) is 0 Å². The molecule has 2 heteroatoms. The van der Waals surface area contributed by atoms with Crippen LogP contribution in [0.4, 0.5) is 0 Å². The summed E-state index contributed by atoms with van der Waals surface area (Å²) in [4.78, 5) is 0. The predicted molar refractivity (Wildman–Crippen MR) is 64.7 cm³/mol. The van der Waals surface area contributed by atoms with Gasteiger partial charge in [0, 0.05) is 12.1 Å².